The Kier molecular flexibility index (Phi) is 6.16. The zero-order valence-corrected chi connectivity index (χ0v) is 14.7. The SMILES string of the molecule is CCC(C)c1ccc(OCC(=O)Nc2ccc(Br)cc2F)cc1. The molecular formula is C18H19BrFNO2. The van der Waals surface area contributed by atoms with E-state index < -0.39 is 11.7 Å². The maximum Gasteiger partial charge on any atom is 0.262 e. The molecule has 23 heavy (non-hydrogen) atoms. The summed E-state index contributed by atoms with van der Waals surface area (Å²) in [6, 6.07) is 12.1. The van der Waals surface area contributed by atoms with Crippen molar-refractivity contribution in [3.05, 3.63) is 58.3 Å². The maximum atomic E-state index is 13.6. The lowest BCUT2D eigenvalue weighted by molar-refractivity contribution is -0.118. The number of amides is 1. The molecule has 3 nitrogen and oxygen atoms in total. The molecule has 5 heteroatoms. The van der Waals surface area contributed by atoms with Crippen LogP contribution in [0.2, 0.25) is 0 Å². The van der Waals surface area contributed by atoms with Crippen LogP contribution in [0, 0.1) is 5.82 Å². The van der Waals surface area contributed by atoms with E-state index in [2.05, 4.69) is 35.1 Å². The van der Waals surface area contributed by atoms with E-state index in [0.29, 0.717) is 16.1 Å². The summed E-state index contributed by atoms with van der Waals surface area (Å²) in [6.45, 7) is 4.13. The number of hydrogen-bond acceptors (Lipinski definition) is 2. The molecule has 122 valence electrons. The first kappa shape index (κ1) is 17.5. The number of hydrogen-bond donors (Lipinski definition) is 1. The lowest BCUT2D eigenvalue weighted by Gasteiger charge is -2.11. The van der Waals surface area contributed by atoms with E-state index in [4.69, 9.17) is 4.74 Å². The summed E-state index contributed by atoms with van der Waals surface area (Å²) in [5, 5.41) is 2.49. The van der Waals surface area contributed by atoms with Crippen molar-refractivity contribution in [3.8, 4) is 5.75 Å². The Bertz CT molecular complexity index is 673. The Morgan fingerprint density at radius 3 is 2.57 bits per heavy atom. The average Bonchev–Trinajstić information content (AvgIpc) is 2.55. The first-order valence-corrected chi connectivity index (χ1v) is 8.26. The highest BCUT2D eigenvalue weighted by molar-refractivity contribution is 9.10. The molecule has 0 saturated carbocycles. The second-order valence-electron chi connectivity index (χ2n) is 5.34. The van der Waals surface area contributed by atoms with Gasteiger partial charge in [-0.1, -0.05) is 41.9 Å². The first-order chi connectivity index (χ1) is 11.0. The second-order valence-corrected chi connectivity index (χ2v) is 6.26. The average molecular weight is 380 g/mol. The van der Waals surface area contributed by atoms with Crippen molar-refractivity contribution in [2.75, 3.05) is 11.9 Å². The highest BCUT2D eigenvalue weighted by Gasteiger charge is 2.09. The van der Waals surface area contributed by atoms with E-state index >= 15 is 0 Å². The number of ether oxygens (including phenoxy) is 1. The first-order valence-electron chi connectivity index (χ1n) is 7.47. The van der Waals surface area contributed by atoms with Crippen LogP contribution in [-0.4, -0.2) is 12.5 Å². The number of carbonyl (C=O) groups excluding carboxylic acids is 1. The molecule has 0 heterocycles. The number of carbonyl (C=O) groups is 1. The lowest BCUT2D eigenvalue weighted by Crippen LogP contribution is -2.20. The van der Waals surface area contributed by atoms with Gasteiger partial charge in [-0.2, -0.15) is 0 Å². The summed E-state index contributed by atoms with van der Waals surface area (Å²) in [5.74, 6) is 0.207. The standard InChI is InChI=1S/C18H19BrFNO2/c1-3-12(2)13-4-7-15(8-5-13)23-11-18(22)21-17-9-6-14(19)10-16(17)20/h4-10,12H,3,11H2,1-2H3,(H,21,22). The molecule has 2 rings (SSSR count). The molecule has 0 saturated heterocycles. The van der Waals surface area contributed by atoms with E-state index in [9.17, 15) is 9.18 Å². The Morgan fingerprint density at radius 1 is 1.26 bits per heavy atom. The van der Waals surface area contributed by atoms with Crippen LogP contribution in [0.5, 0.6) is 5.75 Å². The number of benzene rings is 2. The molecule has 2 aromatic rings. The minimum Gasteiger partial charge on any atom is -0.484 e. The van der Waals surface area contributed by atoms with E-state index in [1.54, 1.807) is 6.07 Å². The number of anilines is 1. The van der Waals surface area contributed by atoms with E-state index in [0.717, 1.165) is 6.42 Å². The molecule has 0 aliphatic carbocycles. The summed E-state index contributed by atoms with van der Waals surface area (Å²) >= 11 is 3.17. The van der Waals surface area contributed by atoms with Crippen LogP contribution in [0.4, 0.5) is 10.1 Å². The van der Waals surface area contributed by atoms with Gasteiger partial charge in [0.05, 0.1) is 5.69 Å². The summed E-state index contributed by atoms with van der Waals surface area (Å²) < 4.78 is 19.7. The van der Waals surface area contributed by atoms with Gasteiger partial charge in [0.25, 0.3) is 5.91 Å². The minimum atomic E-state index is -0.495. The van der Waals surface area contributed by atoms with Gasteiger partial charge in [0, 0.05) is 4.47 Å². The Hall–Kier alpha value is -1.88. The Labute approximate surface area is 144 Å². The van der Waals surface area contributed by atoms with Crippen LogP contribution in [0.15, 0.2) is 46.9 Å². The zero-order chi connectivity index (χ0) is 16.8. The Balaban J connectivity index is 1.89. The normalized spacial score (nSPS) is 11.8. The highest BCUT2D eigenvalue weighted by Crippen LogP contribution is 2.22. The quantitative estimate of drug-likeness (QED) is 0.756. The molecule has 1 N–H and O–H groups in total. The maximum absolute atomic E-state index is 13.6. The van der Waals surface area contributed by atoms with Gasteiger partial charge in [-0.05, 0) is 48.2 Å². The second kappa shape index (κ2) is 8.11. The predicted octanol–water partition coefficient (Wildman–Crippen LogP) is 5.12. The van der Waals surface area contributed by atoms with Crippen molar-refractivity contribution >= 4 is 27.5 Å². The molecule has 0 aliphatic heterocycles. The van der Waals surface area contributed by atoms with Crippen LogP contribution >= 0.6 is 15.9 Å². The van der Waals surface area contributed by atoms with Gasteiger partial charge >= 0.3 is 0 Å². The molecule has 0 bridgehead atoms. The third kappa shape index (κ3) is 5.06. The molecule has 2 aromatic carbocycles. The van der Waals surface area contributed by atoms with Gasteiger partial charge < -0.3 is 10.1 Å². The summed E-state index contributed by atoms with van der Waals surface area (Å²) in [4.78, 5) is 11.8. The van der Waals surface area contributed by atoms with E-state index in [1.807, 2.05) is 24.3 Å². The van der Waals surface area contributed by atoms with Crippen molar-refractivity contribution in [1.82, 2.24) is 0 Å². The minimum absolute atomic E-state index is 0.133. The molecule has 1 unspecified atom stereocenters. The smallest absolute Gasteiger partial charge is 0.262 e. The van der Waals surface area contributed by atoms with Gasteiger partial charge in [-0.3, -0.25) is 4.79 Å². The monoisotopic (exact) mass is 379 g/mol. The molecule has 0 aromatic heterocycles. The topological polar surface area (TPSA) is 38.3 Å². The van der Waals surface area contributed by atoms with E-state index in [1.165, 1.54) is 17.7 Å². The molecule has 0 spiro atoms. The fourth-order valence-corrected chi connectivity index (χ4v) is 2.39. The molecule has 0 radical (unpaired) electrons. The summed E-state index contributed by atoms with van der Waals surface area (Å²) in [6.07, 6.45) is 1.07. The van der Waals surface area contributed by atoms with Crippen molar-refractivity contribution in [2.45, 2.75) is 26.2 Å². The Morgan fingerprint density at radius 2 is 1.96 bits per heavy atom. The third-order valence-corrected chi connectivity index (χ3v) is 4.13. The van der Waals surface area contributed by atoms with Gasteiger partial charge in [-0.15, -0.1) is 0 Å². The molecule has 0 aliphatic rings. The molecule has 1 amide bonds. The summed E-state index contributed by atoms with van der Waals surface area (Å²) in [7, 11) is 0. The van der Waals surface area contributed by atoms with Crippen LogP contribution in [0.3, 0.4) is 0 Å². The predicted molar refractivity (Wildman–Crippen MR) is 93.4 cm³/mol. The van der Waals surface area contributed by atoms with Gasteiger partial charge in [-0.25, -0.2) is 4.39 Å². The summed E-state index contributed by atoms with van der Waals surface area (Å²) in [5.41, 5.74) is 1.37. The number of halogens is 2. The fourth-order valence-electron chi connectivity index (χ4n) is 2.05. The van der Waals surface area contributed by atoms with Gasteiger partial charge in [0.2, 0.25) is 0 Å². The van der Waals surface area contributed by atoms with Gasteiger partial charge in [0.1, 0.15) is 11.6 Å². The highest BCUT2D eigenvalue weighted by atomic mass is 79.9. The lowest BCUT2D eigenvalue weighted by atomic mass is 9.99. The molecule has 1 atom stereocenters. The third-order valence-electron chi connectivity index (χ3n) is 3.64. The molecule has 0 fully saturated rings. The van der Waals surface area contributed by atoms with Crippen LogP contribution in [0.25, 0.3) is 0 Å². The van der Waals surface area contributed by atoms with Crippen molar-refractivity contribution in [3.63, 3.8) is 0 Å². The van der Waals surface area contributed by atoms with Crippen molar-refractivity contribution in [1.29, 1.82) is 0 Å². The van der Waals surface area contributed by atoms with Crippen LogP contribution in [-0.2, 0) is 4.79 Å². The van der Waals surface area contributed by atoms with Crippen molar-refractivity contribution < 1.29 is 13.9 Å². The van der Waals surface area contributed by atoms with Crippen molar-refractivity contribution in [2.24, 2.45) is 0 Å². The largest absolute Gasteiger partial charge is 0.484 e. The number of rotatable bonds is 6. The zero-order valence-electron chi connectivity index (χ0n) is 13.1. The van der Waals surface area contributed by atoms with Crippen LogP contribution < -0.4 is 10.1 Å². The molecular weight excluding hydrogens is 361 g/mol. The van der Waals surface area contributed by atoms with Gasteiger partial charge in [0.15, 0.2) is 6.61 Å². The van der Waals surface area contributed by atoms with Crippen LogP contribution in [0.1, 0.15) is 31.7 Å². The fraction of sp³-hybridized carbons (Fsp3) is 0.278. The van der Waals surface area contributed by atoms with E-state index in [-0.39, 0.29) is 12.3 Å². The number of nitrogens with one attached hydrogen (secondary N) is 1.